The number of pyridine rings is 1. The van der Waals surface area contributed by atoms with E-state index in [2.05, 4.69) is 45.7 Å². The van der Waals surface area contributed by atoms with Gasteiger partial charge < -0.3 is 0 Å². The van der Waals surface area contributed by atoms with E-state index in [1.807, 2.05) is 18.3 Å². The molecule has 2 aromatic rings. The second-order valence-electron chi connectivity index (χ2n) is 4.35. The first-order valence-electron chi connectivity index (χ1n) is 5.60. The Hall–Kier alpha value is -1.57. The summed E-state index contributed by atoms with van der Waals surface area (Å²) in [5.41, 5.74) is 7.72. The molecule has 2 heteroatoms. The Morgan fingerprint density at radius 2 is 1.81 bits per heavy atom. The highest BCUT2D eigenvalue weighted by molar-refractivity contribution is 6.34. The average Bonchev–Trinajstić information content (AvgIpc) is 2.28. The Morgan fingerprint density at radius 1 is 1.06 bits per heavy atom. The van der Waals surface area contributed by atoms with Gasteiger partial charge in [0.25, 0.3) is 0 Å². The van der Waals surface area contributed by atoms with Gasteiger partial charge in [0.15, 0.2) is 0 Å². The van der Waals surface area contributed by atoms with Crippen molar-refractivity contribution in [1.29, 1.82) is 0 Å². The zero-order chi connectivity index (χ0) is 11.7. The zero-order valence-electron chi connectivity index (χ0n) is 10.3. The number of hydrogen-bond donors (Lipinski definition) is 0. The van der Waals surface area contributed by atoms with Crippen molar-refractivity contribution in [1.82, 2.24) is 4.98 Å². The Kier molecular flexibility index (Phi) is 2.82. The molecule has 0 aliphatic rings. The van der Waals surface area contributed by atoms with E-state index in [1.165, 1.54) is 27.7 Å². The molecule has 0 N–H and O–H groups in total. The van der Waals surface area contributed by atoms with Crippen LogP contribution in [0.25, 0.3) is 11.3 Å². The van der Waals surface area contributed by atoms with E-state index in [0.717, 1.165) is 5.69 Å². The van der Waals surface area contributed by atoms with Crippen molar-refractivity contribution in [2.24, 2.45) is 0 Å². The van der Waals surface area contributed by atoms with E-state index in [4.69, 9.17) is 0 Å². The molecule has 0 atom stereocenters. The van der Waals surface area contributed by atoms with E-state index in [0.29, 0.717) is 0 Å². The smallest absolute Gasteiger partial charge is 0.140 e. The van der Waals surface area contributed by atoms with Crippen molar-refractivity contribution in [2.75, 3.05) is 0 Å². The lowest BCUT2D eigenvalue weighted by atomic mass is 9.82. The van der Waals surface area contributed by atoms with E-state index >= 15 is 0 Å². The monoisotopic (exact) mass is 209 g/mol. The summed E-state index contributed by atoms with van der Waals surface area (Å²) in [6, 6.07) is 8.31. The van der Waals surface area contributed by atoms with E-state index < -0.39 is 0 Å². The predicted molar refractivity (Wildman–Crippen MR) is 72.1 cm³/mol. The molecule has 0 spiro atoms. The summed E-state index contributed by atoms with van der Waals surface area (Å²) < 4.78 is 0. The summed E-state index contributed by atoms with van der Waals surface area (Å²) in [5, 5.41) is 0. The molecular formula is C14H16BN. The van der Waals surface area contributed by atoms with Crippen LogP contribution in [0.5, 0.6) is 0 Å². The molecule has 1 aromatic carbocycles. The number of rotatable bonds is 1. The molecule has 0 fully saturated rings. The second kappa shape index (κ2) is 4.13. The molecule has 0 amide bonds. The molecule has 0 radical (unpaired) electrons. The van der Waals surface area contributed by atoms with Gasteiger partial charge in [-0.1, -0.05) is 23.2 Å². The van der Waals surface area contributed by atoms with Crippen molar-refractivity contribution in [3.05, 3.63) is 47.2 Å². The predicted octanol–water partition coefficient (Wildman–Crippen LogP) is 1.93. The summed E-state index contributed by atoms with van der Waals surface area (Å²) in [7, 11) is 2.18. The third-order valence-electron chi connectivity index (χ3n) is 3.28. The lowest BCUT2D eigenvalue weighted by Gasteiger charge is -2.14. The summed E-state index contributed by atoms with van der Waals surface area (Å²) >= 11 is 0. The molecular weight excluding hydrogens is 193 g/mol. The first-order chi connectivity index (χ1) is 7.61. The maximum Gasteiger partial charge on any atom is 0.140 e. The zero-order valence-corrected chi connectivity index (χ0v) is 10.3. The molecule has 1 nitrogen and oxygen atoms in total. The highest BCUT2D eigenvalue weighted by atomic mass is 14.7. The van der Waals surface area contributed by atoms with Crippen LogP contribution in [0, 0.1) is 20.8 Å². The van der Waals surface area contributed by atoms with E-state index in [9.17, 15) is 0 Å². The molecule has 16 heavy (non-hydrogen) atoms. The Bertz CT molecular complexity index is 518. The number of hydrogen-bond acceptors (Lipinski definition) is 1. The van der Waals surface area contributed by atoms with Crippen molar-refractivity contribution >= 4 is 13.3 Å². The Labute approximate surface area is 98.0 Å². The van der Waals surface area contributed by atoms with Gasteiger partial charge in [-0.25, -0.2) is 0 Å². The molecule has 1 aromatic heterocycles. The van der Waals surface area contributed by atoms with Crippen LogP contribution in [0.15, 0.2) is 30.5 Å². The van der Waals surface area contributed by atoms with Crippen LogP contribution in [0.1, 0.15) is 16.7 Å². The first kappa shape index (κ1) is 10.9. The molecule has 0 bridgehead atoms. The highest BCUT2D eigenvalue weighted by Gasteiger charge is 2.10. The van der Waals surface area contributed by atoms with E-state index in [1.54, 1.807) is 0 Å². The van der Waals surface area contributed by atoms with Gasteiger partial charge >= 0.3 is 0 Å². The van der Waals surface area contributed by atoms with Gasteiger partial charge in [0, 0.05) is 11.8 Å². The van der Waals surface area contributed by atoms with Gasteiger partial charge in [-0.15, -0.1) is 0 Å². The van der Waals surface area contributed by atoms with Gasteiger partial charge in [-0.05, 0) is 44.0 Å². The topological polar surface area (TPSA) is 12.9 Å². The fourth-order valence-electron chi connectivity index (χ4n) is 2.19. The Morgan fingerprint density at radius 3 is 2.44 bits per heavy atom. The first-order valence-corrected chi connectivity index (χ1v) is 5.60. The van der Waals surface area contributed by atoms with E-state index in [-0.39, 0.29) is 0 Å². The molecule has 80 valence electrons. The minimum absolute atomic E-state index is 1.07. The van der Waals surface area contributed by atoms with Crippen LogP contribution in [0.3, 0.4) is 0 Å². The summed E-state index contributed by atoms with van der Waals surface area (Å²) in [5.74, 6) is 0. The quantitative estimate of drug-likeness (QED) is 0.654. The SMILES string of the molecule is Bc1c(C)cc(C)c(-c2ccccn2)c1C. The van der Waals surface area contributed by atoms with Crippen LogP contribution >= 0.6 is 0 Å². The van der Waals surface area contributed by atoms with Gasteiger partial charge in [0.2, 0.25) is 0 Å². The normalized spacial score (nSPS) is 10.4. The average molecular weight is 209 g/mol. The molecule has 0 saturated heterocycles. The van der Waals surface area contributed by atoms with Crippen LogP contribution in [0.2, 0.25) is 0 Å². The summed E-state index contributed by atoms with van der Waals surface area (Å²) in [6.45, 7) is 6.50. The standard InChI is InChI=1S/C14H16BN/c1-9-8-10(2)14(15)11(3)13(9)12-6-4-5-7-16-12/h4-8H,15H2,1-3H3. The number of aryl methyl sites for hydroxylation is 2. The fourth-order valence-corrected chi connectivity index (χ4v) is 2.19. The minimum Gasteiger partial charge on any atom is -0.256 e. The van der Waals surface area contributed by atoms with Crippen LogP contribution in [0.4, 0.5) is 0 Å². The summed E-state index contributed by atoms with van der Waals surface area (Å²) in [4.78, 5) is 4.44. The van der Waals surface area contributed by atoms with Gasteiger partial charge in [0.1, 0.15) is 7.85 Å². The number of aromatic nitrogens is 1. The third kappa shape index (κ3) is 1.76. The molecule has 1 heterocycles. The van der Waals surface area contributed by atoms with Crippen LogP contribution in [-0.4, -0.2) is 12.8 Å². The van der Waals surface area contributed by atoms with Gasteiger partial charge in [-0.3, -0.25) is 4.98 Å². The second-order valence-corrected chi connectivity index (χ2v) is 4.35. The maximum absolute atomic E-state index is 4.44. The fraction of sp³-hybridized carbons (Fsp3) is 0.214. The van der Waals surface area contributed by atoms with Crippen molar-refractivity contribution in [2.45, 2.75) is 20.8 Å². The lowest BCUT2D eigenvalue weighted by Crippen LogP contribution is -2.14. The largest absolute Gasteiger partial charge is 0.256 e. The molecule has 0 aliphatic carbocycles. The molecule has 0 saturated carbocycles. The Balaban J connectivity index is 2.71. The molecule has 2 rings (SSSR count). The van der Waals surface area contributed by atoms with Gasteiger partial charge in [-0.2, -0.15) is 0 Å². The van der Waals surface area contributed by atoms with Crippen LogP contribution < -0.4 is 5.46 Å². The maximum atomic E-state index is 4.44. The van der Waals surface area contributed by atoms with Gasteiger partial charge in [0.05, 0.1) is 5.69 Å². The summed E-state index contributed by atoms with van der Waals surface area (Å²) in [6.07, 6.45) is 1.85. The van der Waals surface area contributed by atoms with Crippen molar-refractivity contribution in [3.63, 3.8) is 0 Å². The number of nitrogens with zero attached hydrogens (tertiary/aromatic N) is 1. The third-order valence-corrected chi connectivity index (χ3v) is 3.28. The highest BCUT2D eigenvalue weighted by Crippen LogP contribution is 2.24. The lowest BCUT2D eigenvalue weighted by molar-refractivity contribution is 1.27. The molecule has 0 unspecified atom stereocenters. The van der Waals surface area contributed by atoms with Crippen molar-refractivity contribution in [3.8, 4) is 11.3 Å². The molecule has 0 aliphatic heterocycles. The van der Waals surface area contributed by atoms with Crippen LogP contribution in [-0.2, 0) is 0 Å². The minimum atomic E-state index is 1.07. The number of benzene rings is 1. The van der Waals surface area contributed by atoms with Crippen molar-refractivity contribution < 1.29 is 0 Å².